The number of para-hydroxylation sites is 1. The predicted molar refractivity (Wildman–Crippen MR) is 134 cm³/mol. The first kappa shape index (κ1) is 20.4. The van der Waals surface area contributed by atoms with Gasteiger partial charge in [0.1, 0.15) is 30.3 Å². The molecule has 6 nitrogen and oxygen atoms in total. The smallest absolute Gasteiger partial charge is 0.139 e. The van der Waals surface area contributed by atoms with Crippen LogP contribution < -0.4 is 9.64 Å². The molecule has 1 fully saturated rings. The summed E-state index contributed by atoms with van der Waals surface area (Å²) in [6.07, 6.45) is 3.00. The van der Waals surface area contributed by atoms with Crippen molar-refractivity contribution in [3.63, 3.8) is 0 Å². The average molecular weight is 449 g/mol. The van der Waals surface area contributed by atoms with Crippen LogP contribution in [-0.2, 0) is 11.4 Å². The molecule has 2 aromatic heterocycles. The van der Waals surface area contributed by atoms with Crippen LogP contribution in [-0.4, -0.2) is 33.4 Å². The van der Waals surface area contributed by atoms with E-state index in [0.717, 1.165) is 57.8 Å². The summed E-state index contributed by atoms with van der Waals surface area (Å²) in [5.41, 5.74) is 4.98. The minimum absolute atomic E-state index is 0.335. The summed E-state index contributed by atoms with van der Waals surface area (Å²) in [6.45, 7) is 2.00. The summed E-state index contributed by atoms with van der Waals surface area (Å²) in [5.74, 6) is 1.94. The fourth-order valence-corrected chi connectivity index (χ4v) is 4.51. The molecule has 34 heavy (non-hydrogen) atoms. The van der Waals surface area contributed by atoms with Crippen LogP contribution in [0.3, 0.4) is 0 Å². The molecule has 1 saturated heterocycles. The number of ketones is 1. The van der Waals surface area contributed by atoms with Gasteiger partial charge in [-0.05, 0) is 35.9 Å². The first-order valence-electron chi connectivity index (χ1n) is 11.6. The highest BCUT2D eigenvalue weighted by Crippen LogP contribution is 2.29. The zero-order chi connectivity index (χ0) is 22.9. The Bertz CT molecular complexity index is 1480. The number of carbonyl (C=O) groups excluding carboxylic acids is 1. The number of pyridine rings is 1. The molecule has 6 heteroatoms. The van der Waals surface area contributed by atoms with Crippen molar-refractivity contribution in [3.8, 4) is 11.6 Å². The summed E-state index contributed by atoms with van der Waals surface area (Å²) < 4.78 is 7.98. The number of nitrogens with zero attached hydrogens (tertiary/aromatic N) is 4. The Morgan fingerprint density at radius 2 is 1.74 bits per heavy atom. The van der Waals surface area contributed by atoms with Crippen molar-refractivity contribution >= 4 is 33.4 Å². The van der Waals surface area contributed by atoms with E-state index in [9.17, 15) is 4.79 Å². The number of hydrogen-bond donors (Lipinski definition) is 0. The number of fused-ring (bicyclic) bond motifs is 2. The summed E-state index contributed by atoms with van der Waals surface area (Å²) >= 11 is 0. The van der Waals surface area contributed by atoms with Crippen molar-refractivity contribution in [1.82, 2.24) is 14.5 Å². The number of rotatable bonds is 5. The molecule has 0 N–H and O–H groups in total. The fourth-order valence-electron chi connectivity index (χ4n) is 4.51. The number of hydrogen-bond acceptors (Lipinski definition) is 5. The maximum Gasteiger partial charge on any atom is 0.139 e. The summed E-state index contributed by atoms with van der Waals surface area (Å²) in [7, 11) is 0. The van der Waals surface area contributed by atoms with Crippen LogP contribution in [0.1, 0.15) is 18.4 Å². The lowest BCUT2D eigenvalue weighted by Crippen LogP contribution is -2.33. The minimum atomic E-state index is 0.335. The number of benzene rings is 3. The molecular weight excluding hydrogens is 424 g/mol. The first-order chi connectivity index (χ1) is 16.7. The van der Waals surface area contributed by atoms with Gasteiger partial charge in [0.05, 0.1) is 22.2 Å². The lowest BCUT2D eigenvalue weighted by molar-refractivity contribution is -0.119. The molecule has 0 amide bonds. The van der Waals surface area contributed by atoms with Crippen LogP contribution in [0.25, 0.3) is 27.8 Å². The molecule has 0 bridgehead atoms. The molecule has 168 valence electrons. The molecule has 3 heterocycles. The molecule has 0 unspecified atom stereocenters. The lowest BCUT2D eigenvalue weighted by Gasteiger charge is -2.28. The largest absolute Gasteiger partial charge is 0.489 e. The van der Waals surface area contributed by atoms with Crippen molar-refractivity contribution in [3.05, 3.63) is 90.8 Å². The fraction of sp³-hybridized carbons (Fsp3) is 0.179. The highest BCUT2D eigenvalue weighted by Gasteiger charge is 2.19. The van der Waals surface area contributed by atoms with Crippen LogP contribution in [0, 0.1) is 0 Å². The Kier molecular flexibility index (Phi) is 5.18. The van der Waals surface area contributed by atoms with E-state index >= 15 is 0 Å². The van der Waals surface area contributed by atoms with Crippen molar-refractivity contribution in [2.45, 2.75) is 19.4 Å². The Morgan fingerprint density at radius 1 is 0.882 bits per heavy atom. The number of aromatic nitrogens is 3. The number of carbonyl (C=O) groups is 1. The number of anilines is 1. The quantitative estimate of drug-likeness (QED) is 0.364. The van der Waals surface area contributed by atoms with E-state index < -0.39 is 0 Å². The molecule has 5 aromatic rings. The Morgan fingerprint density at radius 3 is 2.59 bits per heavy atom. The molecule has 0 aliphatic carbocycles. The van der Waals surface area contributed by atoms with Crippen molar-refractivity contribution < 1.29 is 9.53 Å². The Labute approximate surface area is 197 Å². The third kappa shape index (κ3) is 3.88. The molecular formula is C28H24N4O2. The molecule has 1 aliphatic rings. The molecule has 3 aromatic carbocycles. The molecule has 0 atom stereocenters. The van der Waals surface area contributed by atoms with Gasteiger partial charge in [-0.15, -0.1) is 0 Å². The normalized spacial score (nSPS) is 14.1. The van der Waals surface area contributed by atoms with E-state index in [1.165, 1.54) is 0 Å². The SMILES string of the molecule is O=C1CCN(c2cccc3ccc(-n4cnc5cc(OCc6ccccc6)ccc54)nc23)CC1. The number of Topliss-reactive ketones (excluding diaryl/α,β-unsaturated/α-hetero) is 1. The highest BCUT2D eigenvalue weighted by molar-refractivity contribution is 5.93. The maximum absolute atomic E-state index is 11.7. The van der Waals surface area contributed by atoms with Gasteiger partial charge in [0.25, 0.3) is 0 Å². The Balaban J connectivity index is 1.32. The number of piperidine rings is 1. The highest BCUT2D eigenvalue weighted by atomic mass is 16.5. The maximum atomic E-state index is 11.7. The Hall–Kier alpha value is -4.19. The van der Waals surface area contributed by atoms with Crippen molar-refractivity contribution in [2.75, 3.05) is 18.0 Å². The van der Waals surface area contributed by atoms with Gasteiger partial charge in [-0.1, -0.05) is 42.5 Å². The van der Waals surface area contributed by atoms with Crippen LogP contribution in [0.2, 0.25) is 0 Å². The molecule has 0 spiro atoms. The monoisotopic (exact) mass is 448 g/mol. The topological polar surface area (TPSA) is 60.2 Å². The van der Waals surface area contributed by atoms with Crippen LogP contribution in [0.15, 0.2) is 85.2 Å². The van der Waals surface area contributed by atoms with Gasteiger partial charge in [0, 0.05) is 37.4 Å². The zero-order valence-corrected chi connectivity index (χ0v) is 18.7. The van der Waals surface area contributed by atoms with Crippen molar-refractivity contribution in [2.24, 2.45) is 0 Å². The van der Waals surface area contributed by atoms with E-state index in [1.54, 1.807) is 0 Å². The van der Waals surface area contributed by atoms with E-state index in [1.807, 2.05) is 53.4 Å². The van der Waals surface area contributed by atoms with E-state index in [4.69, 9.17) is 9.72 Å². The zero-order valence-electron chi connectivity index (χ0n) is 18.7. The lowest BCUT2D eigenvalue weighted by atomic mass is 10.1. The molecule has 0 radical (unpaired) electrons. The van der Waals surface area contributed by atoms with Crippen LogP contribution in [0.5, 0.6) is 5.75 Å². The molecule has 1 aliphatic heterocycles. The third-order valence-corrected chi connectivity index (χ3v) is 6.36. The molecule has 0 saturated carbocycles. The summed E-state index contributed by atoms with van der Waals surface area (Å²) in [4.78, 5) is 23.6. The number of ether oxygens (including phenoxy) is 1. The van der Waals surface area contributed by atoms with E-state index in [2.05, 4.69) is 46.3 Å². The van der Waals surface area contributed by atoms with Gasteiger partial charge in [-0.3, -0.25) is 9.36 Å². The van der Waals surface area contributed by atoms with Crippen LogP contribution in [0.4, 0.5) is 5.69 Å². The van der Waals surface area contributed by atoms with E-state index in [-0.39, 0.29) is 0 Å². The first-order valence-corrected chi connectivity index (χ1v) is 11.6. The van der Waals surface area contributed by atoms with Gasteiger partial charge < -0.3 is 9.64 Å². The second-order valence-corrected chi connectivity index (χ2v) is 8.58. The van der Waals surface area contributed by atoms with Gasteiger partial charge in [-0.25, -0.2) is 9.97 Å². The average Bonchev–Trinajstić information content (AvgIpc) is 3.31. The second-order valence-electron chi connectivity index (χ2n) is 8.58. The van der Waals surface area contributed by atoms with Gasteiger partial charge in [0.15, 0.2) is 0 Å². The predicted octanol–water partition coefficient (Wildman–Crippen LogP) is 5.32. The summed E-state index contributed by atoms with van der Waals surface area (Å²) in [6, 6.07) is 26.4. The minimum Gasteiger partial charge on any atom is -0.489 e. The van der Waals surface area contributed by atoms with Crippen molar-refractivity contribution in [1.29, 1.82) is 0 Å². The second kappa shape index (κ2) is 8.63. The van der Waals surface area contributed by atoms with Gasteiger partial charge >= 0.3 is 0 Å². The molecule has 6 rings (SSSR count). The third-order valence-electron chi connectivity index (χ3n) is 6.36. The number of imidazole rings is 1. The van der Waals surface area contributed by atoms with Gasteiger partial charge in [-0.2, -0.15) is 0 Å². The van der Waals surface area contributed by atoms with E-state index in [0.29, 0.717) is 25.2 Å². The standard InChI is InChI=1S/C28H24N4O2/c33-22-13-15-31(16-14-22)26-8-4-7-21-9-12-27(30-28(21)26)32-19-29-24-17-23(10-11-25(24)32)34-18-20-5-2-1-3-6-20/h1-12,17,19H,13-16,18H2. The van der Waals surface area contributed by atoms with Gasteiger partial charge in [0.2, 0.25) is 0 Å². The van der Waals surface area contributed by atoms with Crippen LogP contribution >= 0.6 is 0 Å². The summed E-state index contributed by atoms with van der Waals surface area (Å²) in [5, 5.41) is 1.08.